The van der Waals surface area contributed by atoms with Gasteiger partial charge in [0.1, 0.15) is 5.82 Å². The van der Waals surface area contributed by atoms with E-state index in [-0.39, 0.29) is 5.78 Å². The second-order valence-electron chi connectivity index (χ2n) is 4.37. The van der Waals surface area contributed by atoms with Crippen molar-refractivity contribution in [2.75, 3.05) is 5.73 Å². The highest BCUT2D eigenvalue weighted by Gasteiger charge is 2.22. The minimum absolute atomic E-state index is 0.147. The highest BCUT2D eigenvalue weighted by molar-refractivity contribution is 6.00. The quantitative estimate of drug-likeness (QED) is 0.769. The maximum Gasteiger partial charge on any atom is 0.166 e. The second kappa shape index (κ2) is 4.01. The third-order valence-electron chi connectivity index (χ3n) is 3.05. The van der Waals surface area contributed by atoms with Crippen LogP contribution in [0.2, 0.25) is 0 Å². The van der Waals surface area contributed by atoms with Crippen molar-refractivity contribution in [1.82, 2.24) is 4.98 Å². The van der Waals surface area contributed by atoms with Gasteiger partial charge in [0, 0.05) is 12.6 Å². The Labute approximate surface area is 89.7 Å². The summed E-state index contributed by atoms with van der Waals surface area (Å²) in [4.78, 5) is 15.9. The Bertz CT molecular complexity index is 383. The van der Waals surface area contributed by atoms with Crippen LogP contribution in [0.1, 0.15) is 41.6 Å². The minimum atomic E-state index is 0.147. The first-order chi connectivity index (χ1) is 7.16. The Morgan fingerprint density at radius 1 is 1.60 bits per heavy atom. The fourth-order valence-corrected chi connectivity index (χ4v) is 1.87. The summed E-state index contributed by atoms with van der Waals surface area (Å²) >= 11 is 0. The van der Waals surface area contributed by atoms with Crippen LogP contribution < -0.4 is 5.73 Å². The number of ketones is 1. The van der Waals surface area contributed by atoms with Gasteiger partial charge in [-0.2, -0.15) is 0 Å². The molecule has 3 heteroatoms. The molecule has 1 fully saturated rings. The minimum Gasteiger partial charge on any atom is -0.383 e. The molecule has 1 saturated carbocycles. The molecule has 1 heterocycles. The first kappa shape index (κ1) is 10.1. The lowest BCUT2D eigenvalue weighted by Crippen LogP contribution is -2.17. The molecule has 80 valence electrons. The monoisotopic (exact) mass is 204 g/mol. The number of aromatic nitrogens is 1. The number of aryl methyl sites for hydroxylation is 1. The van der Waals surface area contributed by atoms with Gasteiger partial charge in [-0.1, -0.05) is 19.3 Å². The zero-order valence-corrected chi connectivity index (χ0v) is 8.99. The van der Waals surface area contributed by atoms with E-state index in [0.29, 0.717) is 23.7 Å². The van der Waals surface area contributed by atoms with Gasteiger partial charge in [0.05, 0.1) is 5.56 Å². The molecule has 0 unspecified atom stereocenters. The van der Waals surface area contributed by atoms with Crippen LogP contribution in [0.4, 0.5) is 5.82 Å². The SMILES string of the molecule is Cc1cnc(N)c(C(=O)CC2CCC2)c1. The first-order valence-electron chi connectivity index (χ1n) is 5.42. The molecule has 0 saturated heterocycles. The lowest BCUT2D eigenvalue weighted by molar-refractivity contribution is 0.0937. The van der Waals surface area contributed by atoms with Crippen LogP contribution in [0.5, 0.6) is 0 Å². The number of hydrogen-bond acceptors (Lipinski definition) is 3. The number of hydrogen-bond donors (Lipinski definition) is 1. The van der Waals surface area contributed by atoms with Gasteiger partial charge in [0.25, 0.3) is 0 Å². The third kappa shape index (κ3) is 2.17. The van der Waals surface area contributed by atoms with Crippen molar-refractivity contribution >= 4 is 11.6 Å². The Balaban J connectivity index is 2.12. The molecule has 0 spiro atoms. The van der Waals surface area contributed by atoms with Gasteiger partial charge in [0.15, 0.2) is 5.78 Å². The molecular formula is C12H16N2O. The summed E-state index contributed by atoms with van der Waals surface area (Å²) in [7, 11) is 0. The van der Waals surface area contributed by atoms with Gasteiger partial charge in [0.2, 0.25) is 0 Å². The van der Waals surface area contributed by atoms with Crippen LogP contribution in [0.15, 0.2) is 12.3 Å². The standard InChI is InChI=1S/C12H16N2O/c1-8-5-10(12(13)14-7-8)11(15)6-9-3-2-4-9/h5,7,9H,2-4,6H2,1H3,(H2,13,14). The van der Waals surface area contributed by atoms with E-state index in [2.05, 4.69) is 4.98 Å². The maximum absolute atomic E-state index is 11.9. The van der Waals surface area contributed by atoms with E-state index < -0.39 is 0 Å². The fourth-order valence-electron chi connectivity index (χ4n) is 1.87. The lowest BCUT2D eigenvalue weighted by Gasteiger charge is -2.24. The molecular weight excluding hydrogens is 188 g/mol. The molecule has 15 heavy (non-hydrogen) atoms. The van der Waals surface area contributed by atoms with E-state index in [1.165, 1.54) is 19.3 Å². The Kier molecular flexibility index (Phi) is 2.71. The number of anilines is 1. The molecule has 0 atom stereocenters. The number of rotatable bonds is 3. The van der Waals surface area contributed by atoms with Gasteiger partial charge in [-0.3, -0.25) is 4.79 Å². The first-order valence-corrected chi connectivity index (χ1v) is 5.42. The van der Waals surface area contributed by atoms with Crippen molar-refractivity contribution in [3.05, 3.63) is 23.4 Å². The summed E-state index contributed by atoms with van der Waals surface area (Å²) in [5.41, 5.74) is 7.28. The zero-order valence-electron chi connectivity index (χ0n) is 8.99. The van der Waals surface area contributed by atoms with Gasteiger partial charge in [-0.25, -0.2) is 4.98 Å². The van der Waals surface area contributed by atoms with Crippen LogP contribution in [-0.4, -0.2) is 10.8 Å². The number of Topliss-reactive ketones (excluding diaryl/α,β-unsaturated/α-hetero) is 1. The predicted octanol–water partition coefficient (Wildman–Crippen LogP) is 2.35. The topological polar surface area (TPSA) is 56.0 Å². The van der Waals surface area contributed by atoms with E-state index in [1.54, 1.807) is 6.20 Å². The van der Waals surface area contributed by atoms with E-state index in [9.17, 15) is 4.79 Å². The fraction of sp³-hybridized carbons (Fsp3) is 0.500. The van der Waals surface area contributed by atoms with Crippen molar-refractivity contribution in [2.45, 2.75) is 32.6 Å². The van der Waals surface area contributed by atoms with Crippen molar-refractivity contribution in [2.24, 2.45) is 5.92 Å². The number of carbonyl (C=O) groups is 1. The maximum atomic E-state index is 11.9. The average molecular weight is 204 g/mol. The smallest absolute Gasteiger partial charge is 0.166 e. The second-order valence-corrected chi connectivity index (χ2v) is 4.37. The summed E-state index contributed by atoms with van der Waals surface area (Å²) in [6.45, 7) is 1.92. The summed E-state index contributed by atoms with van der Waals surface area (Å²) < 4.78 is 0. The summed E-state index contributed by atoms with van der Waals surface area (Å²) in [5.74, 6) is 1.09. The molecule has 0 aliphatic heterocycles. The molecule has 2 N–H and O–H groups in total. The summed E-state index contributed by atoms with van der Waals surface area (Å²) in [6, 6.07) is 1.84. The largest absolute Gasteiger partial charge is 0.383 e. The normalized spacial score (nSPS) is 16.1. The molecule has 0 radical (unpaired) electrons. The Morgan fingerprint density at radius 2 is 2.33 bits per heavy atom. The van der Waals surface area contributed by atoms with Crippen LogP contribution in [0, 0.1) is 12.8 Å². The van der Waals surface area contributed by atoms with Gasteiger partial charge >= 0.3 is 0 Å². The molecule has 1 aromatic heterocycles. The average Bonchev–Trinajstić information content (AvgIpc) is 2.15. The van der Waals surface area contributed by atoms with Crippen molar-refractivity contribution in [3.8, 4) is 0 Å². The predicted molar refractivity (Wildman–Crippen MR) is 59.7 cm³/mol. The molecule has 0 amide bonds. The molecule has 0 aromatic carbocycles. The van der Waals surface area contributed by atoms with Gasteiger partial charge in [-0.05, 0) is 24.5 Å². The number of pyridine rings is 1. The molecule has 2 rings (SSSR count). The Hall–Kier alpha value is -1.38. The molecule has 1 aliphatic carbocycles. The zero-order chi connectivity index (χ0) is 10.8. The summed E-state index contributed by atoms with van der Waals surface area (Å²) in [5, 5.41) is 0. The molecule has 0 bridgehead atoms. The number of nitrogens with two attached hydrogens (primary N) is 1. The Morgan fingerprint density at radius 3 is 2.93 bits per heavy atom. The van der Waals surface area contributed by atoms with E-state index in [4.69, 9.17) is 5.73 Å². The van der Waals surface area contributed by atoms with Crippen molar-refractivity contribution in [1.29, 1.82) is 0 Å². The van der Waals surface area contributed by atoms with E-state index in [0.717, 1.165) is 5.56 Å². The highest BCUT2D eigenvalue weighted by atomic mass is 16.1. The van der Waals surface area contributed by atoms with E-state index in [1.807, 2.05) is 13.0 Å². The number of nitrogens with zero attached hydrogens (tertiary/aromatic N) is 1. The number of carbonyl (C=O) groups excluding carboxylic acids is 1. The van der Waals surface area contributed by atoms with Crippen LogP contribution in [0.3, 0.4) is 0 Å². The summed E-state index contributed by atoms with van der Waals surface area (Å²) in [6.07, 6.45) is 5.96. The van der Waals surface area contributed by atoms with Crippen LogP contribution in [-0.2, 0) is 0 Å². The lowest BCUT2D eigenvalue weighted by atomic mass is 9.81. The number of nitrogen functional groups attached to an aromatic ring is 1. The van der Waals surface area contributed by atoms with Crippen molar-refractivity contribution in [3.63, 3.8) is 0 Å². The molecule has 1 aliphatic rings. The molecule has 1 aromatic rings. The van der Waals surface area contributed by atoms with E-state index >= 15 is 0 Å². The van der Waals surface area contributed by atoms with Crippen LogP contribution in [0.25, 0.3) is 0 Å². The highest BCUT2D eigenvalue weighted by Crippen LogP contribution is 2.31. The molecule has 3 nitrogen and oxygen atoms in total. The third-order valence-corrected chi connectivity index (χ3v) is 3.05. The van der Waals surface area contributed by atoms with Gasteiger partial charge in [-0.15, -0.1) is 0 Å². The van der Waals surface area contributed by atoms with Gasteiger partial charge < -0.3 is 5.73 Å². The van der Waals surface area contributed by atoms with Crippen LogP contribution >= 0.6 is 0 Å². The van der Waals surface area contributed by atoms with Crippen molar-refractivity contribution < 1.29 is 4.79 Å².